The maximum atomic E-state index is 12.2. The van der Waals surface area contributed by atoms with Gasteiger partial charge in [-0.3, -0.25) is 74.2 Å². The fourth-order valence-corrected chi connectivity index (χ4v) is 6.72. The quantitative estimate of drug-likeness (QED) is 0.0849. The molecule has 0 spiro atoms. The number of carbonyl (C=O) groups is 9. The molecule has 74 heavy (non-hydrogen) atoms. The molecule has 0 bridgehead atoms. The summed E-state index contributed by atoms with van der Waals surface area (Å²) in [6, 6.07) is 28.5. The first-order valence-corrected chi connectivity index (χ1v) is 22.0. The van der Waals surface area contributed by atoms with Gasteiger partial charge in [0.05, 0.1) is 18.4 Å². The van der Waals surface area contributed by atoms with Crippen molar-refractivity contribution in [3.63, 3.8) is 0 Å². The van der Waals surface area contributed by atoms with E-state index in [1.54, 1.807) is 75.0 Å². The molecule has 8 rings (SSSR count). The highest BCUT2D eigenvalue weighted by molar-refractivity contribution is 6.31. The number of rotatable bonds is 8. The Hall–Kier alpha value is -9.96. The number of urea groups is 3. The summed E-state index contributed by atoms with van der Waals surface area (Å²) in [5.41, 5.74) is 0.892. The van der Waals surface area contributed by atoms with Gasteiger partial charge in [0.15, 0.2) is 0 Å². The number of nitrogens with zero attached hydrogens (tertiary/aromatic N) is 5. The molecule has 3 aliphatic heterocycles. The van der Waals surface area contributed by atoms with Crippen LogP contribution in [0.5, 0.6) is 5.75 Å². The zero-order chi connectivity index (χ0) is 54.3. The Balaban J connectivity index is 0.000000184. The second-order valence-electron chi connectivity index (χ2n) is 16.2. The van der Waals surface area contributed by atoms with Crippen LogP contribution in [0.2, 0.25) is 0 Å². The first kappa shape index (κ1) is 55.0. The van der Waals surface area contributed by atoms with E-state index >= 15 is 0 Å². The number of carbonyl (C=O) groups excluding carboxylic acids is 9. The van der Waals surface area contributed by atoms with Crippen molar-refractivity contribution in [1.29, 1.82) is 0 Å². The molecule has 380 valence electrons. The molecule has 3 saturated heterocycles. The lowest BCUT2D eigenvalue weighted by Gasteiger charge is -2.38. The van der Waals surface area contributed by atoms with Crippen LogP contribution in [0.25, 0.3) is 30.4 Å². The van der Waals surface area contributed by atoms with E-state index in [1.807, 2.05) is 88.0 Å². The van der Waals surface area contributed by atoms with Crippen LogP contribution in [0.3, 0.4) is 0 Å². The summed E-state index contributed by atoms with van der Waals surface area (Å²) < 4.78 is 7.49. The van der Waals surface area contributed by atoms with Crippen LogP contribution in [-0.2, 0) is 42.9 Å². The zero-order valence-electron chi connectivity index (χ0n) is 40.6. The summed E-state index contributed by atoms with van der Waals surface area (Å²) in [4.78, 5) is 132. The minimum Gasteiger partial charge on any atom is -0.497 e. The van der Waals surface area contributed by atoms with E-state index in [9.17, 15) is 57.8 Å². The minimum absolute atomic E-state index is 0.111. The van der Waals surface area contributed by atoms with Crippen molar-refractivity contribution in [1.82, 2.24) is 45.2 Å². The normalized spacial score (nSPS) is 15.6. The highest BCUT2D eigenvalue weighted by Gasteiger charge is 2.50. The van der Waals surface area contributed by atoms with Gasteiger partial charge in [-0.25, -0.2) is 19.2 Å². The van der Waals surface area contributed by atoms with Gasteiger partial charge in [0.1, 0.15) is 28.4 Å². The zero-order valence-corrected chi connectivity index (χ0v) is 40.6. The number of pyridine rings is 1. The third kappa shape index (κ3) is 14.3. The van der Waals surface area contributed by atoms with Crippen LogP contribution in [0.4, 0.5) is 14.4 Å². The number of ether oxygens (including phenoxy) is 1. The molecule has 5 N–H and O–H groups in total. The SMILES string of the molecule is CN1C(=O)C(C(C)(O)/C=C/c2ccccc2)C(=O)N(C)C1=O.COc1ccc(C=C2C(=O)NC(=O)NC2=O)cc1.Cn1cc(/C=C/c2ccccc2)c(=O)n(C)c1=O.O=C1NC(=O)C(=Cc2ccccn2)C(=O)N1. The predicted molar refractivity (Wildman–Crippen MR) is 269 cm³/mol. The summed E-state index contributed by atoms with van der Waals surface area (Å²) in [5.74, 6) is -4.96. The average Bonchev–Trinajstić information content (AvgIpc) is 3.38. The number of hydrogen-bond donors (Lipinski definition) is 5. The van der Waals surface area contributed by atoms with Crippen molar-refractivity contribution in [3.05, 3.63) is 182 Å². The van der Waals surface area contributed by atoms with Crippen LogP contribution in [0.15, 0.2) is 142 Å². The lowest BCUT2D eigenvalue weighted by molar-refractivity contribution is -0.156. The van der Waals surface area contributed by atoms with Gasteiger partial charge in [0, 0.05) is 40.6 Å². The number of hydrogen-bond acceptors (Lipinski definition) is 14. The third-order valence-corrected chi connectivity index (χ3v) is 10.7. The van der Waals surface area contributed by atoms with Crippen molar-refractivity contribution in [2.24, 2.45) is 20.0 Å². The van der Waals surface area contributed by atoms with Crippen LogP contribution in [0.1, 0.15) is 34.9 Å². The molecule has 0 radical (unpaired) electrons. The first-order chi connectivity index (χ1) is 35.1. The molecule has 3 fully saturated rings. The molecule has 12 amide bonds. The Morgan fingerprint density at radius 1 is 0.581 bits per heavy atom. The van der Waals surface area contributed by atoms with Gasteiger partial charge in [0.25, 0.3) is 29.2 Å². The number of amides is 12. The maximum absolute atomic E-state index is 12.2. The summed E-state index contributed by atoms with van der Waals surface area (Å²) in [5, 5.41) is 18.5. The Morgan fingerprint density at radius 3 is 1.53 bits per heavy atom. The first-order valence-electron chi connectivity index (χ1n) is 22.0. The standard InChI is InChI=1S/C16H18N2O4.C14H14N2O2.C12H10N2O4.C10H7N3O3/c1-16(22,10-9-11-7-5-4-6-8-11)12-13(19)17(2)15(21)18(3)14(12)20;1-15-10-12(13(17)16(2)14(15)18)9-8-11-6-4-3-5-7-11;1-18-8-4-2-7(3-5-8)6-9-10(15)13-12(17)14-11(9)16;14-8-7(9(15)13-10(16)12-8)5-6-3-1-2-4-11-6/h4-10,12,22H,1-3H3;3-10H,1-2H3;2-6H,1H3,(H2,13,14,15,16,17);1-5H,(H2,12,13,14,15,16)/b10-9+;9-8+;;. The predicted octanol–water partition coefficient (Wildman–Crippen LogP) is 2.65. The third-order valence-electron chi connectivity index (χ3n) is 10.7. The van der Waals surface area contributed by atoms with Crippen LogP contribution in [0, 0.1) is 5.92 Å². The smallest absolute Gasteiger partial charge is 0.332 e. The largest absolute Gasteiger partial charge is 0.497 e. The van der Waals surface area contributed by atoms with Crippen LogP contribution >= 0.6 is 0 Å². The van der Waals surface area contributed by atoms with Gasteiger partial charge in [-0.05, 0) is 66.1 Å². The van der Waals surface area contributed by atoms with Crippen molar-refractivity contribution < 1.29 is 53.0 Å². The molecule has 0 aliphatic carbocycles. The van der Waals surface area contributed by atoms with E-state index in [4.69, 9.17) is 4.74 Å². The van der Waals surface area contributed by atoms with Crippen LogP contribution in [-0.4, -0.2) is 109 Å². The van der Waals surface area contributed by atoms with Crippen LogP contribution < -0.4 is 37.3 Å². The van der Waals surface area contributed by atoms with Gasteiger partial charge in [0.2, 0.25) is 11.8 Å². The topological polar surface area (TPSA) is 295 Å². The number of methoxy groups -OCH3 is 1. The molecule has 1 atom stereocenters. The summed E-state index contributed by atoms with van der Waals surface area (Å²) in [6.45, 7) is 1.38. The molecule has 5 heterocycles. The summed E-state index contributed by atoms with van der Waals surface area (Å²) in [6.07, 6.45) is 12.4. The molecule has 3 aromatic carbocycles. The van der Waals surface area contributed by atoms with Crippen molar-refractivity contribution >= 4 is 83.9 Å². The van der Waals surface area contributed by atoms with E-state index in [2.05, 4.69) is 4.98 Å². The lowest BCUT2D eigenvalue weighted by Crippen LogP contribution is -2.62. The molecular weight excluding hydrogens is 959 g/mol. The van der Waals surface area contributed by atoms with Gasteiger partial charge in [-0.1, -0.05) is 97.1 Å². The molecule has 22 heteroatoms. The lowest BCUT2D eigenvalue weighted by atomic mass is 9.85. The molecule has 1 unspecified atom stereocenters. The van der Waals surface area contributed by atoms with Gasteiger partial charge < -0.3 is 14.4 Å². The molecular formula is C52H49N9O13. The fraction of sp³-hybridized carbons (Fsp3) is 0.154. The number of aromatic nitrogens is 3. The monoisotopic (exact) mass is 1010 g/mol. The van der Waals surface area contributed by atoms with E-state index in [0.717, 1.165) is 25.5 Å². The average molecular weight is 1010 g/mol. The second kappa shape index (κ2) is 24.7. The Labute approximate surface area is 422 Å². The van der Waals surface area contributed by atoms with E-state index in [-0.39, 0.29) is 22.4 Å². The Kier molecular flexibility index (Phi) is 18.4. The molecule has 22 nitrogen and oxygen atoms in total. The maximum Gasteiger partial charge on any atom is 0.332 e. The number of benzene rings is 3. The Bertz CT molecular complexity index is 3170. The highest BCUT2D eigenvalue weighted by atomic mass is 16.5. The number of aliphatic hydroxyl groups is 1. The van der Waals surface area contributed by atoms with E-state index in [1.165, 1.54) is 57.1 Å². The van der Waals surface area contributed by atoms with Gasteiger partial charge >= 0.3 is 23.8 Å². The second-order valence-corrected chi connectivity index (χ2v) is 16.2. The fourth-order valence-electron chi connectivity index (χ4n) is 6.72. The summed E-state index contributed by atoms with van der Waals surface area (Å²) in [7, 11) is 7.22. The highest BCUT2D eigenvalue weighted by Crippen LogP contribution is 2.28. The Morgan fingerprint density at radius 2 is 1.05 bits per heavy atom. The summed E-state index contributed by atoms with van der Waals surface area (Å²) >= 11 is 0. The van der Waals surface area contributed by atoms with Gasteiger partial charge in [-0.15, -0.1) is 0 Å². The van der Waals surface area contributed by atoms with E-state index < -0.39 is 65.1 Å². The van der Waals surface area contributed by atoms with Crippen molar-refractivity contribution in [2.45, 2.75) is 12.5 Å². The minimum atomic E-state index is -1.70. The van der Waals surface area contributed by atoms with Crippen molar-refractivity contribution in [3.8, 4) is 5.75 Å². The molecule has 0 saturated carbocycles. The van der Waals surface area contributed by atoms with Crippen molar-refractivity contribution in [2.75, 3.05) is 21.2 Å². The number of aryl methyl sites for hydroxylation is 1. The number of imide groups is 6. The molecule has 2 aromatic heterocycles. The molecule has 3 aliphatic rings. The van der Waals surface area contributed by atoms with Gasteiger partial charge in [-0.2, -0.15) is 0 Å². The molecule has 5 aromatic rings. The number of nitrogens with one attached hydrogen (secondary N) is 4. The van der Waals surface area contributed by atoms with E-state index in [0.29, 0.717) is 22.6 Å². The number of barbiturate groups is 3.